The minimum Gasteiger partial charge on any atom is -0.508 e. The molecule has 0 fully saturated rings. The highest BCUT2D eigenvalue weighted by molar-refractivity contribution is 6.31. The van der Waals surface area contributed by atoms with Crippen molar-refractivity contribution >= 4 is 17.5 Å². The first-order chi connectivity index (χ1) is 10.3. The number of carbonyl (C=O) groups is 3. The third-order valence-corrected chi connectivity index (χ3v) is 3.46. The van der Waals surface area contributed by atoms with E-state index in [1.54, 1.807) is 0 Å². The Bertz CT molecular complexity index is 880. The molecule has 0 saturated carbocycles. The maximum absolute atomic E-state index is 12.5. The van der Waals surface area contributed by atoms with Crippen molar-refractivity contribution in [3.63, 3.8) is 0 Å². The summed E-state index contributed by atoms with van der Waals surface area (Å²) in [5.74, 6) is -5.08. The van der Waals surface area contributed by atoms with E-state index in [0.29, 0.717) is 6.07 Å². The second kappa shape index (κ2) is 4.32. The molecule has 7 nitrogen and oxygen atoms in total. The van der Waals surface area contributed by atoms with Crippen molar-refractivity contribution in [1.29, 1.82) is 0 Å². The Kier molecular flexibility index (Phi) is 2.68. The van der Waals surface area contributed by atoms with Crippen molar-refractivity contribution in [1.82, 2.24) is 0 Å². The summed E-state index contributed by atoms with van der Waals surface area (Å²) in [6.45, 7) is 0. The summed E-state index contributed by atoms with van der Waals surface area (Å²) >= 11 is 0. The minimum absolute atomic E-state index is 0.0902. The van der Waals surface area contributed by atoms with Gasteiger partial charge in [0.25, 0.3) is 0 Å². The van der Waals surface area contributed by atoms with Gasteiger partial charge in [-0.05, 0) is 24.3 Å². The average molecular weight is 300 g/mol. The zero-order chi connectivity index (χ0) is 16.2. The van der Waals surface area contributed by atoms with Crippen LogP contribution in [0.1, 0.15) is 42.2 Å². The quantitative estimate of drug-likeness (QED) is 0.497. The van der Waals surface area contributed by atoms with Gasteiger partial charge in [0.05, 0.1) is 16.7 Å². The Hall–Kier alpha value is -3.35. The number of phenols is 3. The van der Waals surface area contributed by atoms with Gasteiger partial charge >= 0.3 is 5.97 Å². The summed E-state index contributed by atoms with van der Waals surface area (Å²) in [5.41, 5.74) is -1.92. The zero-order valence-corrected chi connectivity index (χ0v) is 10.8. The van der Waals surface area contributed by atoms with Crippen molar-refractivity contribution in [3.8, 4) is 17.2 Å². The van der Waals surface area contributed by atoms with Gasteiger partial charge in [-0.15, -0.1) is 0 Å². The first-order valence-electron chi connectivity index (χ1n) is 6.07. The molecule has 2 aromatic rings. The molecule has 3 rings (SSSR count). The Morgan fingerprint density at radius 2 is 1.50 bits per heavy atom. The molecule has 22 heavy (non-hydrogen) atoms. The van der Waals surface area contributed by atoms with Gasteiger partial charge in [0.1, 0.15) is 5.75 Å². The van der Waals surface area contributed by atoms with Gasteiger partial charge in [-0.25, -0.2) is 4.79 Å². The molecule has 0 aliphatic heterocycles. The maximum atomic E-state index is 12.5. The van der Waals surface area contributed by atoms with Crippen molar-refractivity contribution in [2.24, 2.45) is 0 Å². The first kappa shape index (κ1) is 13.6. The van der Waals surface area contributed by atoms with Crippen LogP contribution in [-0.2, 0) is 0 Å². The van der Waals surface area contributed by atoms with E-state index in [4.69, 9.17) is 5.11 Å². The molecule has 4 N–H and O–H groups in total. The molecule has 0 saturated heterocycles. The normalized spacial score (nSPS) is 12.7. The molecule has 0 bridgehead atoms. The predicted molar refractivity (Wildman–Crippen MR) is 71.7 cm³/mol. The Labute approximate surface area is 122 Å². The summed E-state index contributed by atoms with van der Waals surface area (Å²) in [6.07, 6.45) is 0. The number of carbonyl (C=O) groups excluding carboxylic acids is 2. The highest BCUT2D eigenvalue weighted by Gasteiger charge is 2.37. The maximum Gasteiger partial charge on any atom is 0.336 e. The summed E-state index contributed by atoms with van der Waals surface area (Å²) in [5, 5.41) is 38.0. The number of hydrogen-bond donors (Lipinski definition) is 4. The van der Waals surface area contributed by atoms with E-state index >= 15 is 0 Å². The second-order valence-corrected chi connectivity index (χ2v) is 4.74. The predicted octanol–water partition coefficient (Wildman–Crippen LogP) is 1.28. The molecule has 2 aromatic carbocycles. The minimum atomic E-state index is -1.53. The summed E-state index contributed by atoms with van der Waals surface area (Å²) in [7, 11) is 0. The largest absolute Gasteiger partial charge is 0.508 e. The smallest absolute Gasteiger partial charge is 0.336 e. The van der Waals surface area contributed by atoms with Crippen LogP contribution in [0.3, 0.4) is 0 Å². The van der Waals surface area contributed by atoms with E-state index in [-0.39, 0.29) is 16.9 Å². The van der Waals surface area contributed by atoms with E-state index < -0.39 is 45.7 Å². The Morgan fingerprint density at radius 1 is 0.864 bits per heavy atom. The molecule has 0 unspecified atom stereocenters. The van der Waals surface area contributed by atoms with Crippen LogP contribution in [0.5, 0.6) is 17.2 Å². The van der Waals surface area contributed by atoms with Crippen LogP contribution in [-0.4, -0.2) is 38.0 Å². The number of ketones is 2. The van der Waals surface area contributed by atoms with Crippen LogP contribution in [0, 0.1) is 0 Å². The number of fused-ring (bicyclic) bond motifs is 2. The molecule has 0 spiro atoms. The average Bonchev–Trinajstić information content (AvgIpc) is 2.46. The highest BCUT2D eigenvalue weighted by Crippen LogP contribution is 2.40. The van der Waals surface area contributed by atoms with Crippen molar-refractivity contribution in [3.05, 3.63) is 52.1 Å². The van der Waals surface area contributed by atoms with Gasteiger partial charge in [-0.1, -0.05) is 0 Å². The summed E-state index contributed by atoms with van der Waals surface area (Å²) in [4.78, 5) is 36.2. The molecule has 7 heteroatoms. The number of phenolic OH excluding ortho intramolecular Hbond substituents is 3. The van der Waals surface area contributed by atoms with Crippen LogP contribution in [0.25, 0.3) is 0 Å². The van der Waals surface area contributed by atoms with E-state index in [9.17, 15) is 29.7 Å². The number of rotatable bonds is 1. The van der Waals surface area contributed by atoms with Crippen LogP contribution in [0.2, 0.25) is 0 Å². The molecule has 0 atom stereocenters. The van der Waals surface area contributed by atoms with Gasteiger partial charge in [-0.3, -0.25) is 9.59 Å². The third-order valence-electron chi connectivity index (χ3n) is 3.46. The number of aromatic carboxylic acids is 1. The van der Waals surface area contributed by atoms with E-state index in [0.717, 1.165) is 6.07 Å². The topological polar surface area (TPSA) is 132 Å². The van der Waals surface area contributed by atoms with E-state index in [1.807, 2.05) is 0 Å². The van der Waals surface area contributed by atoms with E-state index in [2.05, 4.69) is 0 Å². The lowest BCUT2D eigenvalue weighted by atomic mass is 9.81. The lowest BCUT2D eigenvalue weighted by Gasteiger charge is -2.20. The zero-order valence-electron chi connectivity index (χ0n) is 10.8. The molecule has 110 valence electrons. The molecule has 0 aromatic heterocycles. The molecule has 0 radical (unpaired) electrons. The lowest BCUT2D eigenvalue weighted by Crippen LogP contribution is -2.24. The Balaban J connectivity index is 2.44. The van der Waals surface area contributed by atoms with Crippen molar-refractivity contribution in [2.45, 2.75) is 0 Å². The molecule has 1 aliphatic carbocycles. The third kappa shape index (κ3) is 1.65. The molecule has 0 amide bonds. The number of carboxylic acids is 1. The molecular weight excluding hydrogens is 292 g/mol. The highest BCUT2D eigenvalue weighted by atomic mass is 16.4. The SMILES string of the molecule is O=C(O)c1cc(O)c(O)c2c1C(=O)c1cc(O)ccc1C2=O. The molecule has 1 aliphatic rings. The van der Waals surface area contributed by atoms with Crippen LogP contribution in [0.4, 0.5) is 0 Å². The van der Waals surface area contributed by atoms with Gasteiger partial charge in [-0.2, -0.15) is 0 Å². The van der Waals surface area contributed by atoms with Crippen molar-refractivity contribution in [2.75, 3.05) is 0 Å². The monoisotopic (exact) mass is 300 g/mol. The first-order valence-corrected chi connectivity index (χ1v) is 6.07. The van der Waals surface area contributed by atoms with Gasteiger partial charge in [0.2, 0.25) is 0 Å². The number of aromatic hydroxyl groups is 3. The Morgan fingerprint density at radius 3 is 2.14 bits per heavy atom. The van der Waals surface area contributed by atoms with Gasteiger partial charge < -0.3 is 20.4 Å². The fourth-order valence-electron chi connectivity index (χ4n) is 2.47. The lowest BCUT2D eigenvalue weighted by molar-refractivity contribution is 0.0692. The van der Waals surface area contributed by atoms with Crippen LogP contribution < -0.4 is 0 Å². The van der Waals surface area contributed by atoms with Crippen molar-refractivity contribution < 1.29 is 34.8 Å². The van der Waals surface area contributed by atoms with Gasteiger partial charge in [0.15, 0.2) is 23.1 Å². The summed E-state index contributed by atoms with van der Waals surface area (Å²) in [6, 6.07) is 4.13. The molecule has 0 heterocycles. The fourth-order valence-corrected chi connectivity index (χ4v) is 2.47. The standard InChI is InChI=1S/C15H8O7/c16-5-1-2-6-7(3-5)13(19)10-8(15(21)22)4-9(17)14(20)11(10)12(6)18/h1-4,16-17,20H,(H,21,22). The summed E-state index contributed by atoms with van der Waals surface area (Å²) < 4.78 is 0. The number of benzene rings is 2. The van der Waals surface area contributed by atoms with Crippen LogP contribution >= 0.6 is 0 Å². The van der Waals surface area contributed by atoms with E-state index in [1.165, 1.54) is 12.1 Å². The second-order valence-electron chi connectivity index (χ2n) is 4.74. The molecular formula is C15H8O7. The number of hydrogen-bond acceptors (Lipinski definition) is 6. The fraction of sp³-hybridized carbons (Fsp3) is 0. The van der Waals surface area contributed by atoms with Gasteiger partial charge in [0, 0.05) is 11.1 Å². The number of carboxylic acid groups (broad SMARTS) is 1. The van der Waals surface area contributed by atoms with Crippen LogP contribution in [0.15, 0.2) is 24.3 Å².